The lowest BCUT2D eigenvalue weighted by Crippen LogP contribution is -2.37. The standard InChI is InChI=1S/C24H28F3N3O/c1-18-6-5-7-20(14-18)15-29-12-10-19(11-13-29)17-31-23-28-22(24(25,26)27)16-30(23)21-8-3-2-4-9-21/h2-9,14,19,22H,10-13,15-17H2,1H3. The van der Waals surface area contributed by atoms with Crippen LogP contribution in [0.25, 0.3) is 0 Å². The summed E-state index contributed by atoms with van der Waals surface area (Å²) in [6.07, 6.45) is -2.44. The fourth-order valence-corrected chi connectivity index (χ4v) is 4.18. The van der Waals surface area contributed by atoms with Gasteiger partial charge in [-0.3, -0.25) is 9.80 Å². The Balaban J connectivity index is 1.32. The minimum Gasteiger partial charge on any atom is -0.465 e. The summed E-state index contributed by atoms with van der Waals surface area (Å²) >= 11 is 0. The first-order chi connectivity index (χ1) is 14.9. The zero-order valence-corrected chi connectivity index (χ0v) is 17.7. The highest BCUT2D eigenvalue weighted by Crippen LogP contribution is 2.31. The number of alkyl halides is 3. The predicted molar refractivity (Wildman–Crippen MR) is 116 cm³/mol. The highest BCUT2D eigenvalue weighted by molar-refractivity contribution is 5.93. The summed E-state index contributed by atoms with van der Waals surface area (Å²) in [6, 6.07) is 15.9. The van der Waals surface area contributed by atoms with E-state index in [4.69, 9.17) is 4.74 Å². The summed E-state index contributed by atoms with van der Waals surface area (Å²) in [5.41, 5.74) is 3.24. The number of para-hydroxylation sites is 1. The van der Waals surface area contributed by atoms with Crippen molar-refractivity contribution in [3.63, 3.8) is 0 Å². The third kappa shape index (κ3) is 5.58. The molecule has 1 unspecified atom stereocenters. The zero-order valence-electron chi connectivity index (χ0n) is 17.7. The van der Waals surface area contributed by atoms with E-state index >= 15 is 0 Å². The Morgan fingerprint density at radius 1 is 1.03 bits per heavy atom. The number of rotatable bonds is 5. The number of ether oxygens (including phenoxy) is 1. The molecule has 4 rings (SSSR count). The molecule has 2 aliphatic rings. The number of aliphatic imine (C=N–C) groups is 1. The van der Waals surface area contributed by atoms with Crippen molar-refractivity contribution >= 4 is 11.7 Å². The van der Waals surface area contributed by atoms with E-state index in [2.05, 4.69) is 41.1 Å². The number of halogens is 3. The Morgan fingerprint density at radius 3 is 2.45 bits per heavy atom. The highest BCUT2D eigenvalue weighted by Gasteiger charge is 2.46. The molecule has 2 heterocycles. The van der Waals surface area contributed by atoms with Crippen LogP contribution in [0.4, 0.5) is 18.9 Å². The molecule has 1 atom stereocenters. The van der Waals surface area contributed by atoms with Crippen molar-refractivity contribution in [2.24, 2.45) is 10.9 Å². The highest BCUT2D eigenvalue weighted by atomic mass is 19.4. The van der Waals surface area contributed by atoms with Gasteiger partial charge in [-0.25, -0.2) is 4.99 Å². The predicted octanol–water partition coefficient (Wildman–Crippen LogP) is 5.03. The summed E-state index contributed by atoms with van der Waals surface area (Å²) in [5.74, 6) is 0.319. The van der Waals surface area contributed by atoms with Gasteiger partial charge in [-0.05, 0) is 56.5 Å². The van der Waals surface area contributed by atoms with Gasteiger partial charge in [0.15, 0.2) is 6.04 Å². The molecule has 0 N–H and O–H groups in total. The molecular weight excluding hydrogens is 403 g/mol. The number of anilines is 1. The largest absolute Gasteiger partial charge is 0.465 e. The number of benzene rings is 2. The second kappa shape index (κ2) is 9.30. The average molecular weight is 432 g/mol. The van der Waals surface area contributed by atoms with Crippen molar-refractivity contribution in [3.8, 4) is 0 Å². The van der Waals surface area contributed by atoms with E-state index in [1.807, 2.05) is 6.07 Å². The summed E-state index contributed by atoms with van der Waals surface area (Å²) in [5, 5.41) is 0. The van der Waals surface area contributed by atoms with E-state index in [-0.39, 0.29) is 12.6 Å². The van der Waals surface area contributed by atoms with E-state index in [9.17, 15) is 13.2 Å². The van der Waals surface area contributed by atoms with Gasteiger partial charge in [0.05, 0.1) is 13.2 Å². The second-order valence-corrected chi connectivity index (χ2v) is 8.43. The fraction of sp³-hybridized carbons (Fsp3) is 0.458. The van der Waals surface area contributed by atoms with Crippen LogP contribution in [0.1, 0.15) is 24.0 Å². The zero-order chi connectivity index (χ0) is 21.8. The molecule has 31 heavy (non-hydrogen) atoms. The first-order valence-corrected chi connectivity index (χ1v) is 10.8. The van der Waals surface area contributed by atoms with E-state index in [0.29, 0.717) is 18.2 Å². The maximum Gasteiger partial charge on any atom is 0.412 e. The summed E-state index contributed by atoms with van der Waals surface area (Å²) in [4.78, 5) is 7.82. The number of amidine groups is 1. The van der Waals surface area contributed by atoms with Crippen molar-refractivity contribution < 1.29 is 17.9 Å². The minimum absolute atomic E-state index is 0.0794. The van der Waals surface area contributed by atoms with Crippen LogP contribution in [0.3, 0.4) is 0 Å². The molecule has 0 saturated carbocycles. The lowest BCUT2D eigenvalue weighted by molar-refractivity contribution is -0.143. The fourth-order valence-electron chi connectivity index (χ4n) is 4.18. The van der Waals surface area contributed by atoms with Gasteiger partial charge in [0.25, 0.3) is 6.02 Å². The minimum atomic E-state index is -4.38. The molecular formula is C24H28F3N3O. The molecule has 0 bridgehead atoms. The monoisotopic (exact) mass is 431 g/mol. The van der Waals surface area contributed by atoms with Crippen LogP contribution >= 0.6 is 0 Å². The number of likely N-dealkylation sites (tertiary alicyclic amines) is 1. The van der Waals surface area contributed by atoms with Crippen molar-refractivity contribution in [1.29, 1.82) is 0 Å². The molecule has 1 saturated heterocycles. The van der Waals surface area contributed by atoms with Crippen LogP contribution in [0, 0.1) is 12.8 Å². The molecule has 0 aliphatic carbocycles. The number of piperidine rings is 1. The summed E-state index contributed by atoms with van der Waals surface area (Å²) in [6.45, 7) is 5.10. The van der Waals surface area contributed by atoms with Gasteiger partial charge in [-0.15, -0.1) is 0 Å². The third-order valence-corrected chi connectivity index (χ3v) is 5.94. The first kappa shape index (κ1) is 21.7. The van der Waals surface area contributed by atoms with Gasteiger partial charge in [0.2, 0.25) is 0 Å². The molecule has 166 valence electrons. The van der Waals surface area contributed by atoms with Crippen LogP contribution < -0.4 is 4.90 Å². The maximum atomic E-state index is 13.3. The van der Waals surface area contributed by atoms with Crippen LogP contribution in [0.5, 0.6) is 0 Å². The lowest BCUT2D eigenvalue weighted by Gasteiger charge is -2.32. The smallest absolute Gasteiger partial charge is 0.412 e. The molecule has 0 radical (unpaired) electrons. The lowest BCUT2D eigenvalue weighted by atomic mass is 9.97. The van der Waals surface area contributed by atoms with Crippen LogP contribution in [0.2, 0.25) is 0 Å². The van der Waals surface area contributed by atoms with E-state index in [1.165, 1.54) is 16.0 Å². The van der Waals surface area contributed by atoms with Gasteiger partial charge in [-0.2, -0.15) is 13.2 Å². The Kier molecular flexibility index (Phi) is 6.51. The molecule has 1 fully saturated rings. The summed E-state index contributed by atoms with van der Waals surface area (Å²) in [7, 11) is 0. The maximum absolute atomic E-state index is 13.3. The topological polar surface area (TPSA) is 28.1 Å². The molecule has 4 nitrogen and oxygen atoms in total. The Hall–Kier alpha value is -2.54. The molecule has 0 spiro atoms. The number of hydrogen-bond donors (Lipinski definition) is 0. The SMILES string of the molecule is Cc1cccc(CN2CCC(COC3=NC(C(F)(F)F)CN3c3ccccc3)CC2)c1. The Morgan fingerprint density at radius 2 is 1.77 bits per heavy atom. The number of nitrogens with zero attached hydrogens (tertiary/aromatic N) is 3. The molecule has 0 aromatic heterocycles. The summed E-state index contributed by atoms with van der Waals surface area (Å²) < 4.78 is 45.7. The van der Waals surface area contributed by atoms with Gasteiger partial charge in [0, 0.05) is 12.2 Å². The molecule has 2 aromatic rings. The van der Waals surface area contributed by atoms with E-state index in [1.54, 1.807) is 24.3 Å². The second-order valence-electron chi connectivity index (χ2n) is 8.43. The quantitative estimate of drug-likeness (QED) is 0.665. The third-order valence-electron chi connectivity index (χ3n) is 5.94. The van der Waals surface area contributed by atoms with Crippen molar-refractivity contribution in [2.45, 2.75) is 38.5 Å². The number of hydrogen-bond acceptors (Lipinski definition) is 4. The normalized spacial score (nSPS) is 20.7. The Labute approximate surface area is 181 Å². The van der Waals surface area contributed by atoms with E-state index < -0.39 is 12.2 Å². The van der Waals surface area contributed by atoms with Gasteiger partial charge < -0.3 is 4.74 Å². The van der Waals surface area contributed by atoms with Gasteiger partial charge in [-0.1, -0.05) is 48.0 Å². The van der Waals surface area contributed by atoms with Crippen molar-refractivity contribution in [3.05, 3.63) is 65.7 Å². The van der Waals surface area contributed by atoms with Crippen LogP contribution in [0.15, 0.2) is 59.6 Å². The van der Waals surface area contributed by atoms with Gasteiger partial charge in [0.1, 0.15) is 0 Å². The number of aryl methyl sites for hydroxylation is 1. The van der Waals surface area contributed by atoms with E-state index in [0.717, 1.165) is 32.5 Å². The van der Waals surface area contributed by atoms with Crippen molar-refractivity contribution in [1.82, 2.24) is 4.90 Å². The van der Waals surface area contributed by atoms with Gasteiger partial charge >= 0.3 is 6.18 Å². The van der Waals surface area contributed by atoms with Crippen molar-refractivity contribution in [2.75, 3.05) is 31.1 Å². The average Bonchev–Trinajstić information content (AvgIpc) is 3.19. The molecule has 7 heteroatoms. The molecule has 0 amide bonds. The van der Waals surface area contributed by atoms with Crippen LogP contribution in [-0.4, -0.2) is 49.4 Å². The Bertz CT molecular complexity index is 892. The first-order valence-electron chi connectivity index (χ1n) is 10.8. The molecule has 2 aromatic carbocycles. The molecule has 2 aliphatic heterocycles. The van der Waals surface area contributed by atoms with Crippen LogP contribution in [-0.2, 0) is 11.3 Å².